The quantitative estimate of drug-likeness (QED) is 0.868. The third-order valence-corrected chi connectivity index (χ3v) is 6.24. The van der Waals surface area contributed by atoms with E-state index in [1.54, 1.807) is 17.0 Å². The molecule has 0 aromatic heterocycles. The molecule has 154 valence electrons. The molecule has 2 aliphatic rings. The number of nitrogens with zero attached hydrogens (tertiary/aromatic N) is 3. The molecule has 1 atom stereocenters. The summed E-state index contributed by atoms with van der Waals surface area (Å²) in [6, 6.07) is 11.4. The van der Waals surface area contributed by atoms with Gasteiger partial charge in [-0.25, -0.2) is 0 Å². The smallest absolute Gasteiger partial charge is 0.257 e. The highest BCUT2D eigenvalue weighted by atomic mass is 16.3. The number of phenolic OH excluding ortho intramolecular Hbond substituents is 1. The molecule has 2 aromatic carbocycles. The van der Waals surface area contributed by atoms with Crippen LogP contribution in [0.4, 0.5) is 0 Å². The second-order valence-corrected chi connectivity index (χ2v) is 8.22. The first-order valence-electron chi connectivity index (χ1n) is 10.6. The van der Waals surface area contributed by atoms with Gasteiger partial charge >= 0.3 is 0 Å². The van der Waals surface area contributed by atoms with Gasteiger partial charge in [-0.1, -0.05) is 24.3 Å². The number of hydrogen-bond donors (Lipinski definition) is 1. The predicted octanol–water partition coefficient (Wildman–Crippen LogP) is 2.70. The van der Waals surface area contributed by atoms with E-state index >= 15 is 0 Å². The Hall–Kier alpha value is -2.60. The highest BCUT2D eigenvalue weighted by molar-refractivity contribution is 6.01. The van der Waals surface area contributed by atoms with Gasteiger partial charge in [-0.3, -0.25) is 14.5 Å². The van der Waals surface area contributed by atoms with Gasteiger partial charge in [-0.2, -0.15) is 0 Å². The fourth-order valence-corrected chi connectivity index (χ4v) is 4.43. The summed E-state index contributed by atoms with van der Waals surface area (Å²) in [5, 5.41) is 12.2. The molecule has 6 nitrogen and oxygen atoms in total. The first-order valence-corrected chi connectivity index (χ1v) is 10.6. The molecule has 4 rings (SSSR count). The molecule has 2 amide bonds. The van der Waals surface area contributed by atoms with Crippen molar-refractivity contribution >= 4 is 22.6 Å². The van der Waals surface area contributed by atoms with Crippen molar-refractivity contribution in [1.29, 1.82) is 0 Å². The number of fused-ring (bicyclic) bond motifs is 1. The third kappa shape index (κ3) is 4.22. The lowest BCUT2D eigenvalue weighted by Crippen LogP contribution is -2.53. The summed E-state index contributed by atoms with van der Waals surface area (Å²) in [6.45, 7) is 5.89. The molecule has 0 spiro atoms. The van der Waals surface area contributed by atoms with Crippen molar-refractivity contribution in [3.63, 3.8) is 0 Å². The lowest BCUT2D eigenvalue weighted by atomic mass is 10.0. The van der Waals surface area contributed by atoms with E-state index in [1.807, 2.05) is 29.2 Å². The van der Waals surface area contributed by atoms with E-state index < -0.39 is 0 Å². The average molecular weight is 396 g/mol. The summed E-state index contributed by atoms with van der Waals surface area (Å²) in [5.74, 6) is 0.0680. The fraction of sp³-hybridized carbons (Fsp3) is 0.478. The van der Waals surface area contributed by atoms with Crippen LogP contribution in [0.1, 0.15) is 36.5 Å². The number of benzene rings is 2. The van der Waals surface area contributed by atoms with Crippen molar-refractivity contribution in [2.45, 2.75) is 32.2 Å². The summed E-state index contributed by atoms with van der Waals surface area (Å²) in [7, 11) is 0. The van der Waals surface area contributed by atoms with Gasteiger partial charge in [0.05, 0.1) is 12.1 Å². The molecule has 0 aliphatic carbocycles. The first kappa shape index (κ1) is 19.7. The summed E-state index contributed by atoms with van der Waals surface area (Å²) >= 11 is 0. The van der Waals surface area contributed by atoms with Crippen LogP contribution in [0.2, 0.25) is 0 Å². The van der Waals surface area contributed by atoms with E-state index in [0.717, 1.165) is 30.2 Å². The topological polar surface area (TPSA) is 64.1 Å². The lowest BCUT2D eigenvalue weighted by molar-refractivity contribution is -0.136. The van der Waals surface area contributed by atoms with Crippen LogP contribution in [0.5, 0.6) is 5.75 Å². The Labute approximate surface area is 171 Å². The maximum absolute atomic E-state index is 13.0. The van der Waals surface area contributed by atoms with Crippen LogP contribution >= 0.6 is 0 Å². The Bertz CT molecular complexity index is 905. The Kier molecular flexibility index (Phi) is 5.72. The number of carbonyl (C=O) groups is 2. The fourth-order valence-electron chi connectivity index (χ4n) is 4.43. The van der Waals surface area contributed by atoms with Crippen LogP contribution in [-0.2, 0) is 4.79 Å². The van der Waals surface area contributed by atoms with E-state index in [4.69, 9.17) is 0 Å². The zero-order valence-electron chi connectivity index (χ0n) is 17.0. The van der Waals surface area contributed by atoms with Gasteiger partial charge in [0.15, 0.2) is 0 Å². The minimum atomic E-state index is -0.149. The predicted molar refractivity (Wildman–Crippen MR) is 113 cm³/mol. The van der Waals surface area contributed by atoms with Crippen LogP contribution < -0.4 is 0 Å². The van der Waals surface area contributed by atoms with Crippen LogP contribution in [0, 0.1) is 0 Å². The number of aromatic hydroxyl groups is 1. The van der Waals surface area contributed by atoms with E-state index in [2.05, 4.69) is 11.8 Å². The lowest BCUT2D eigenvalue weighted by Gasteiger charge is -2.38. The molecule has 0 saturated carbocycles. The Morgan fingerprint density at radius 1 is 1.00 bits per heavy atom. The molecule has 2 heterocycles. The van der Waals surface area contributed by atoms with Gasteiger partial charge in [0.2, 0.25) is 5.91 Å². The number of carbonyl (C=O) groups excluding carboxylic acids is 2. The van der Waals surface area contributed by atoms with Crippen LogP contribution in [0.25, 0.3) is 10.8 Å². The number of piperidine rings is 1. The van der Waals surface area contributed by atoms with Gasteiger partial charge in [0.1, 0.15) is 5.75 Å². The van der Waals surface area contributed by atoms with Crippen molar-refractivity contribution < 1.29 is 14.7 Å². The van der Waals surface area contributed by atoms with Crippen molar-refractivity contribution in [3.05, 3.63) is 42.0 Å². The molecular weight excluding hydrogens is 366 g/mol. The Morgan fingerprint density at radius 2 is 1.69 bits per heavy atom. The van der Waals surface area contributed by atoms with Gasteiger partial charge in [0.25, 0.3) is 5.91 Å². The molecule has 2 saturated heterocycles. The monoisotopic (exact) mass is 395 g/mol. The highest BCUT2D eigenvalue weighted by Crippen LogP contribution is 2.26. The van der Waals surface area contributed by atoms with Crippen molar-refractivity contribution in [2.24, 2.45) is 0 Å². The van der Waals surface area contributed by atoms with E-state index in [-0.39, 0.29) is 17.6 Å². The molecular formula is C23H29N3O3. The van der Waals surface area contributed by atoms with E-state index in [9.17, 15) is 14.7 Å². The molecule has 1 N–H and O–H groups in total. The van der Waals surface area contributed by atoms with Crippen molar-refractivity contribution in [2.75, 3.05) is 39.3 Å². The summed E-state index contributed by atoms with van der Waals surface area (Å²) in [5.41, 5.74) is 0.343. The number of phenols is 1. The molecule has 0 radical (unpaired) electrons. The van der Waals surface area contributed by atoms with Crippen molar-refractivity contribution in [1.82, 2.24) is 14.7 Å². The van der Waals surface area contributed by atoms with E-state index in [1.165, 1.54) is 6.42 Å². The maximum atomic E-state index is 13.0. The van der Waals surface area contributed by atoms with Crippen LogP contribution in [0.3, 0.4) is 0 Å². The summed E-state index contributed by atoms with van der Waals surface area (Å²) in [4.78, 5) is 31.5. The molecule has 0 bridgehead atoms. The summed E-state index contributed by atoms with van der Waals surface area (Å²) < 4.78 is 0. The number of rotatable bonds is 3. The van der Waals surface area contributed by atoms with Crippen LogP contribution in [-0.4, -0.2) is 76.9 Å². The maximum Gasteiger partial charge on any atom is 0.257 e. The standard InChI is InChI=1S/C23H29N3O3/c1-17-6-4-5-9-26(17)22(28)16-24-10-12-25(13-11-24)23(29)20-14-18-7-2-3-8-19(18)15-21(20)27/h2-3,7-8,14-15,17,27H,4-6,9-13,16H2,1H3. The normalized spacial score (nSPS) is 20.8. The van der Waals surface area contributed by atoms with Crippen LogP contribution in [0.15, 0.2) is 36.4 Å². The Balaban J connectivity index is 1.36. The molecule has 29 heavy (non-hydrogen) atoms. The highest BCUT2D eigenvalue weighted by Gasteiger charge is 2.28. The Morgan fingerprint density at radius 3 is 2.38 bits per heavy atom. The average Bonchev–Trinajstić information content (AvgIpc) is 2.73. The first-order chi connectivity index (χ1) is 14.0. The minimum Gasteiger partial charge on any atom is -0.507 e. The summed E-state index contributed by atoms with van der Waals surface area (Å²) in [6.07, 6.45) is 3.38. The minimum absolute atomic E-state index is 0.0189. The molecule has 2 aliphatic heterocycles. The number of piperazine rings is 1. The largest absolute Gasteiger partial charge is 0.507 e. The molecule has 2 fully saturated rings. The SMILES string of the molecule is CC1CCCCN1C(=O)CN1CCN(C(=O)c2cc3ccccc3cc2O)CC1. The third-order valence-electron chi connectivity index (χ3n) is 6.24. The van der Waals surface area contributed by atoms with Gasteiger partial charge < -0.3 is 14.9 Å². The van der Waals surface area contributed by atoms with Gasteiger partial charge in [-0.05, 0) is 49.1 Å². The zero-order chi connectivity index (χ0) is 20.4. The van der Waals surface area contributed by atoms with Gasteiger partial charge in [0, 0.05) is 38.8 Å². The zero-order valence-corrected chi connectivity index (χ0v) is 17.0. The number of likely N-dealkylation sites (tertiary alicyclic amines) is 1. The molecule has 1 unspecified atom stereocenters. The van der Waals surface area contributed by atoms with Crippen molar-refractivity contribution in [3.8, 4) is 5.75 Å². The molecule has 2 aromatic rings. The second-order valence-electron chi connectivity index (χ2n) is 8.22. The second kappa shape index (κ2) is 8.41. The van der Waals surface area contributed by atoms with E-state index in [0.29, 0.717) is 44.3 Å². The number of amides is 2. The van der Waals surface area contributed by atoms with Gasteiger partial charge in [-0.15, -0.1) is 0 Å². The number of hydrogen-bond acceptors (Lipinski definition) is 4. The molecule has 6 heteroatoms.